The lowest BCUT2D eigenvalue weighted by molar-refractivity contribution is -0.145. The molecule has 3 fully saturated rings. The Morgan fingerprint density at radius 2 is 1.50 bits per heavy atom. The van der Waals surface area contributed by atoms with Crippen molar-refractivity contribution in [2.45, 2.75) is 41.9 Å². The highest BCUT2D eigenvalue weighted by molar-refractivity contribution is 14.1. The molecule has 3 saturated carbocycles. The van der Waals surface area contributed by atoms with E-state index in [2.05, 4.69) is 22.6 Å². The lowest BCUT2D eigenvalue weighted by Crippen LogP contribution is -2.45. The lowest BCUT2D eigenvalue weighted by atomic mass is 9.61. The molecule has 0 aromatic rings. The van der Waals surface area contributed by atoms with Gasteiger partial charge < -0.3 is 0 Å². The largest absolute Gasteiger partial charge is 0.307 e. The number of alkyl halides is 1. The molecule has 0 spiro atoms. The van der Waals surface area contributed by atoms with Gasteiger partial charge in [0.25, 0.3) is 0 Å². The molecule has 0 heterocycles. The van der Waals surface area contributed by atoms with E-state index in [1.165, 1.54) is 0 Å². The minimum atomic E-state index is -1.05. The van der Waals surface area contributed by atoms with Crippen LogP contribution in [-0.4, -0.2) is 9.46 Å². The van der Waals surface area contributed by atoms with Crippen molar-refractivity contribution in [2.24, 2.45) is 5.41 Å². The topological polar surface area (TPSA) is 17.1 Å². The van der Waals surface area contributed by atoms with Crippen molar-refractivity contribution < 1.29 is 9.18 Å². The van der Waals surface area contributed by atoms with Crippen LogP contribution in [-0.2, 0) is 4.79 Å². The second-order valence-corrected chi connectivity index (χ2v) is 6.49. The monoisotopic (exact) mass is 282 g/mol. The molecule has 3 aliphatic carbocycles. The van der Waals surface area contributed by atoms with Crippen LogP contribution >= 0.6 is 22.6 Å². The van der Waals surface area contributed by atoms with Crippen LogP contribution < -0.4 is 0 Å². The van der Waals surface area contributed by atoms with Gasteiger partial charge in [-0.05, 0) is 38.5 Å². The first kappa shape index (κ1) is 8.91. The molecule has 3 heteroatoms. The van der Waals surface area contributed by atoms with Crippen LogP contribution in [0.2, 0.25) is 0 Å². The fourth-order valence-electron chi connectivity index (χ4n) is 2.43. The summed E-state index contributed by atoms with van der Waals surface area (Å²) in [6, 6.07) is -1.05. The summed E-state index contributed by atoms with van der Waals surface area (Å²) in [6.45, 7) is 0. The molecule has 12 heavy (non-hydrogen) atoms. The summed E-state index contributed by atoms with van der Waals surface area (Å²) in [7, 11) is 0. The molecule has 0 aliphatic heterocycles. The Bertz CT molecular complexity index is 202. The van der Waals surface area contributed by atoms with Crippen molar-refractivity contribution in [1.29, 1.82) is 0 Å². The number of hydrogen-bond acceptors (Lipinski definition) is 1. The second kappa shape index (κ2) is 2.66. The Morgan fingerprint density at radius 3 is 1.83 bits per heavy atom. The van der Waals surface area contributed by atoms with Crippen LogP contribution in [0.4, 0.5) is 4.39 Å². The zero-order valence-electron chi connectivity index (χ0n) is 6.91. The van der Waals surface area contributed by atoms with Gasteiger partial charge in [-0.2, -0.15) is 4.39 Å². The van der Waals surface area contributed by atoms with Crippen molar-refractivity contribution in [3.8, 4) is 0 Å². The van der Waals surface area contributed by atoms with Crippen molar-refractivity contribution in [3.05, 3.63) is 0 Å². The summed E-state index contributed by atoms with van der Waals surface area (Å²) in [5, 5.41) is 0. The van der Waals surface area contributed by atoms with Gasteiger partial charge in [-0.3, -0.25) is 4.79 Å². The Labute approximate surface area is 85.2 Å². The highest BCUT2D eigenvalue weighted by Gasteiger charge is 2.51. The van der Waals surface area contributed by atoms with Gasteiger partial charge >= 0.3 is 6.04 Å². The van der Waals surface area contributed by atoms with E-state index in [9.17, 15) is 9.18 Å². The summed E-state index contributed by atoms with van der Waals surface area (Å²) >= 11 is 2.49. The minimum Gasteiger partial charge on any atom is -0.261 e. The van der Waals surface area contributed by atoms with E-state index in [1.807, 2.05) is 0 Å². The predicted octanol–water partition coefficient (Wildman–Crippen LogP) is 3.01. The highest BCUT2D eigenvalue weighted by atomic mass is 127. The zero-order chi connectivity index (χ0) is 8.82. The Balaban J connectivity index is 2.20. The van der Waals surface area contributed by atoms with E-state index >= 15 is 0 Å². The van der Waals surface area contributed by atoms with Gasteiger partial charge in [-0.15, -0.1) is 0 Å². The normalized spacial score (nSPS) is 46.2. The van der Waals surface area contributed by atoms with Gasteiger partial charge in [-0.25, -0.2) is 0 Å². The summed E-state index contributed by atoms with van der Waals surface area (Å²) in [4.78, 5) is 10.8. The van der Waals surface area contributed by atoms with E-state index in [0.717, 1.165) is 38.5 Å². The second-order valence-electron chi connectivity index (χ2n) is 4.20. The molecule has 2 bridgehead atoms. The van der Waals surface area contributed by atoms with E-state index < -0.39 is 11.5 Å². The quantitative estimate of drug-likeness (QED) is 0.410. The fraction of sp³-hybridized carbons (Fsp3) is 0.889. The van der Waals surface area contributed by atoms with Crippen molar-refractivity contribution >= 4 is 28.6 Å². The Hall–Kier alpha value is 0.330. The molecular weight excluding hydrogens is 270 g/mol. The van der Waals surface area contributed by atoms with E-state index in [0.29, 0.717) is 3.42 Å². The van der Waals surface area contributed by atoms with Crippen LogP contribution in [0.25, 0.3) is 0 Å². The van der Waals surface area contributed by atoms with Crippen LogP contribution in [0.1, 0.15) is 38.5 Å². The average Bonchev–Trinajstić information content (AvgIpc) is 2.06. The molecule has 0 aromatic carbocycles. The first-order valence-electron chi connectivity index (χ1n) is 4.45. The van der Waals surface area contributed by atoms with Gasteiger partial charge in [0.05, 0.1) is 5.41 Å². The highest BCUT2D eigenvalue weighted by Crippen LogP contribution is 2.56. The molecular formula is C9H12FIO. The fourth-order valence-corrected chi connectivity index (χ4v) is 3.24. The predicted molar refractivity (Wildman–Crippen MR) is 53.0 cm³/mol. The maximum Gasteiger partial charge on any atom is 0.307 e. The zero-order valence-corrected chi connectivity index (χ0v) is 9.06. The number of rotatable bonds is 1. The number of hydrogen-bond donors (Lipinski definition) is 0. The first-order valence-corrected chi connectivity index (χ1v) is 5.53. The van der Waals surface area contributed by atoms with Crippen LogP contribution in [0.15, 0.2) is 0 Å². The van der Waals surface area contributed by atoms with Gasteiger partial charge in [0, 0.05) is 3.42 Å². The van der Waals surface area contributed by atoms with Crippen molar-refractivity contribution in [3.63, 3.8) is 0 Å². The third kappa shape index (κ3) is 1.20. The SMILES string of the molecule is O=C(F)C12CCC(I)(CC1)CC2. The summed E-state index contributed by atoms with van der Waals surface area (Å²) in [5.41, 5.74) is -0.549. The van der Waals surface area contributed by atoms with Crippen LogP contribution in [0.3, 0.4) is 0 Å². The maximum atomic E-state index is 12.8. The summed E-state index contributed by atoms with van der Waals surface area (Å²) < 4.78 is 13.1. The van der Waals surface area contributed by atoms with E-state index in [1.54, 1.807) is 0 Å². The molecule has 3 rings (SSSR count). The molecule has 1 nitrogen and oxygen atoms in total. The Kier molecular flexibility index (Phi) is 1.97. The number of carbonyl (C=O) groups is 1. The molecule has 0 amide bonds. The smallest absolute Gasteiger partial charge is 0.261 e. The van der Waals surface area contributed by atoms with Gasteiger partial charge in [0.1, 0.15) is 0 Å². The number of fused-ring (bicyclic) bond motifs is 3. The van der Waals surface area contributed by atoms with Crippen molar-refractivity contribution in [1.82, 2.24) is 0 Å². The first-order chi connectivity index (χ1) is 5.56. The van der Waals surface area contributed by atoms with E-state index in [-0.39, 0.29) is 0 Å². The molecule has 0 aromatic heterocycles. The summed E-state index contributed by atoms with van der Waals surface area (Å²) in [5.74, 6) is 0. The molecule has 68 valence electrons. The third-order valence-electron chi connectivity index (χ3n) is 3.57. The molecule has 0 unspecified atom stereocenters. The van der Waals surface area contributed by atoms with Gasteiger partial charge in [0.2, 0.25) is 0 Å². The van der Waals surface area contributed by atoms with E-state index in [4.69, 9.17) is 0 Å². The standard InChI is InChI=1S/C9H12FIO/c10-7(12)8-1-4-9(11,5-2-8)6-3-8/h1-6H2. The number of halogens is 2. The van der Waals surface area contributed by atoms with Gasteiger partial charge in [0.15, 0.2) is 0 Å². The molecule has 0 radical (unpaired) electrons. The average molecular weight is 282 g/mol. The molecule has 3 aliphatic rings. The summed E-state index contributed by atoms with van der Waals surface area (Å²) in [6.07, 6.45) is 5.44. The lowest BCUT2D eigenvalue weighted by Gasteiger charge is -2.48. The molecule has 0 saturated heterocycles. The van der Waals surface area contributed by atoms with Gasteiger partial charge in [-0.1, -0.05) is 22.6 Å². The van der Waals surface area contributed by atoms with Crippen LogP contribution in [0.5, 0.6) is 0 Å². The minimum absolute atomic E-state index is 0.398. The third-order valence-corrected chi connectivity index (χ3v) is 5.19. The van der Waals surface area contributed by atoms with Crippen molar-refractivity contribution in [2.75, 3.05) is 0 Å². The van der Waals surface area contributed by atoms with Crippen LogP contribution in [0, 0.1) is 5.41 Å². The Morgan fingerprint density at radius 1 is 1.08 bits per heavy atom. The maximum absolute atomic E-state index is 12.8. The number of carbonyl (C=O) groups excluding carboxylic acids is 1. The molecule has 0 N–H and O–H groups in total. The molecule has 0 atom stereocenters.